The summed E-state index contributed by atoms with van der Waals surface area (Å²) in [6, 6.07) is 0. The first-order chi connectivity index (χ1) is 7.24. The molecule has 0 aromatic rings. The molecule has 0 amide bonds. The molecular weight excluding hydrogens is 188 g/mol. The van der Waals surface area contributed by atoms with E-state index in [1.54, 1.807) is 0 Å². The van der Waals surface area contributed by atoms with Gasteiger partial charge in [-0.05, 0) is 31.2 Å². The monoisotopic (exact) mass is 212 g/mol. The molecule has 15 heavy (non-hydrogen) atoms. The quantitative estimate of drug-likeness (QED) is 0.732. The highest BCUT2D eigenvalue weighted by Gasteiger charge is 2.34. The van der Waals surface area contributed by atoms with E-state index in [9.17, 15) is 5.11 Å². The van der Waals surface area contributed by atoms with Crippen LogP contribution in [0.5, 0.6) is 0 Å². The highest BCUT2D eigenvalue weighted by molar-refractivity contribution is 4.89. The number of nitrogens with two attached hydrogens (primary N) is 1. The van der Waals surface area contributed by atoms with Crippen molar-refractivity contribution in [2.45, 2.75) is 44.6 Å². The first-order valence-corrected chi connectivity index (χ1v) is 6.35. The fourth-order valence-electron chi connectivity index (χ4n) is 3.16. The Hall–Kier alpha value is -0.120. The fraction of sp³-hybridized carbons (Fsp3) is 1.00. The van der Waals surface area contributed by atoms with Crippen molar-refractivity contribution in [3.05, 3.63) is 0 Å². The summed E-state index contributed by atoms with van der Waals surface area (Å²) in [6.45, 7) is 3.85. The Morgan fingerprint density at radius 3 is 2.53 bits per heavy atom. The first kappa shape index (κ1) is 11.4. The van der Waals surface area contributed by atoms with Gasteiger partial charge in [0.15, 0.2) is 0 Å². The van der Waals surface area contributed by atoms with E-state index in [1.165, 1.54) is 32.1 Å². The number of aliphatic hydroxyl groups is 1. The molecular formula is C12H24N2O. The van der Waals surface area contributed by atoms with E-state index in [0.29, 0.717) is 5.41 Å². The lowest BCUT2D eigenvalue weighted by atomic mass is 9.74. The third-order valence-electron chi connectivity index (χ3n) is 4.15. The summed E-state index contributed by atoms with van der Waals surface area (Å²) in [5.41, 5.74) is 6.33. The number of hydrogen-bond acceptors (Lipinski definition) is 3. The summed E-state index contributed by atoms with van der Waals surface area (Å²) in [5.74, 6) is 0. The van der Waals surface area contributed by atoms with Crippen molar-refractivity contribution in [1.82, 2.24) is 4.90 Å². The molecule has 1 heterocycles. The first-order valence-electron chi connectivity index (χ1n) is 6.35. The summed E-state index contributed by atoms with van der Waals surface area (Å²) < 4.78 is 0. The average molecular weight is 212 g/mol. The molecule has 0 bridgehead atoms. The molecule has 3 nitrogen and oxygen atoms in total. The van der Waals surface area contributed by atoms with Crippen LogP contribution in [0.15, 0.2) is 0 Å². The minimum absolute atomic E-state index is 0.0941. The average Bonchev–Trinajstić information content (AvgIpc) is 2.65. The fourth-order valence-corrected chi connectivity index (χ4v) is 3.16. The van der Waals surface area contributed by atoms with E-state index >= 15 is 0 Å². The van der Waals surface area contributed by atoms with Crippen LogP contribution in [0.25, 0.3) is 0 Å². The predicted molar refractivity (Wildman–Crippen MR) is 61.6 cm³/mol. The molecule has 1 atom stereocenters. The zero-order valence-electron chi connectivity index (χ0n) is 9.62. The SMILES string of the molecule is NCC1(CN2CCC(O)C2)CCCCC1. The Kier molecular flexibility index (Phi) is 3.65. The minimum Gasteiger partial charge on any atom is -0.392 e. The van der Waals surface area contributed by atoms with E-state index in [1.807, 2.05) is 0 Å². The molecule has 0 aromatic carbocycles. The van der Waals surface area contributed by atoms with Crippen LogP contribution in [-0.4, -0.2) is 42.3 Å². The van der Waals surface area contributed by atoms with Gasteiger partial charge in [-0.1, -0.05) is 19.3 Å². The van der Waals surface area contributed by atoms with Crippen molar-refractivity contribution in [2.24, 2.45) is 11.1 Å². The second-order valence-corrected chi connectivity index (χ2v) is 5.44. The van der Waals surface area contributed by atoms with E-state index in [0.717, 1.165) is 32.6 Å². The van der Waals surface area contributed by atoms with Crippen LogP contribution < -0.4 is 5.73 Å². The summed E-state index contributed by atoms with van der Waals surface area (Å²) in [7, 11) is 0. The number of rotatable bonds is 3. The van der Waals surface area contributed by atoms with Gasteiger partial charge >= 0.3 is 0 Å². The molecule has 3 N–H and O–H groups in total. The van der Waals surface area contributed by atoms with Gasteiger partial charge in [0.05, 0.1) is 6.10 Å². The van der Waals surface area contributed by atoms with Gasteiger partial charge in [-0.25, -0.2) is 0 Å². The van der Waals surface area contributed by atoms with Gasteiger partial charge in [0, 0.05) is 19.6 Å². The van der Waals surface area contributed by atoms with Crippen LogP contribution in [0.2, 0.25) is 0 Å². The molecule has 2 rings (SSSR count). The van der Waals surface area contributed by atoms with Crippen LogP contribution in [0.3, 0.4) is 0 Å². The number of β-amino-alcohol motifs (C(OH)–C–C–N with tert-alkyl or cyclic N) is 1. The largest absolute Gasteiger partial charge is 0.392 e. The minimum atomic E-state index is -0.0941. The molecule has 1 saturated carbocycles. The van der Waals surface area contributed by atoms with Gasteiger partial charge in [-0.2, -0.15) is 0 Å². The Balaban J connectivity index is 1.89. The normalized spacial score (nSPS) is 32.0. The molecule has 0 aromatic heterocycles. The topological polar surface area (TPSA) is 49.5 Å². The Morgan fingerprint density at radius 1 is 1.27 bits per heavy atom. The van der Waals surface area contributed by atoms with Crippen molar-refractivity contribution < 1.29 is 5.11 Å². The molecule has 3 heteroatoms. The summed E-state index contributed by atoms with van der Waals surface area (Å²) in [6.07, 6.45) is 7.49. The summed E-state index contributed by atoms with van der Waals surface area (Å²) in [5, 5.41) is 9.51. The van der Waals surface area contributed by atoms with Gasteiger partial charge in [-0.3, -0.25) is 0 Å². The van der Waals surface area contributed by atoms with Crippen molar-refractivity contribution >= 4 is 0 Å². The van der Waals surface area contributed by atoms with Crippen molar-refractivity contribution in [3.63, 3.8) is 0 Å². The standard InChI is InChI=1S/C12H24N2O/c13-9-12(5-2-1-3-6-12)10-14-7-4-11(15)8-14/h11,15H,1-10,13H2. The Bertz CT molecular complexity index is 202. The van der Waals surface area contributed by atoms with Crippen molar-refractivity contribution in [1.29, 1.82) is 0 Å². The highest BCUT2D eigenvalue weighted by Crippen LogP contribution is 2.36. The van der Waals surface area contributed by atoms with Gasteiger partial charge in [0.25, 0.3) is 0 Å². The smallest absolute Gasteiger partial charge is 0.0679 e. The third-order valence-corrected chi connectivity index (χ3v) is 4.15. The Labute approximate surface area is 92.6 Å². The molecule has 1 unspecified atom stereocenters. The molecule has 88 valence electrons. The molecule has 2 fully saturated rings. The van der Waals surface area contributed by atoms with E-state index in [-0.39, 0.29) is 6.10 Å². The maximum Gasteiger partial charge on any atom is 0.0679 e. The lowest BCUT2D eigenvalue weighted by Crippen LogP contribution is -2.43. The van der Waals surface area contributed by atoms with Gasteiger partial charge in [0.1, 0.15) is 0 Å². The maximum absolute atomic E-state index is 9.51. The molecule has 2 aliphatic rings. The van der Waals surface area contributed by atoms with E-state index in [2.05, 4.69) is 4.90 Å². The summed E-state index contributed by atoms with van der Waals surface area (Å²) in [4.78, 5) is 2.41. The predicted octanol–water partition coefficient (Wildman–Crippen LogP) is 0.962. The lowest BCUT2D eigenvalue weighted by molar-refractivity contribution is 0.111. The van der Waals surface area contributed by atoms with Gasteiger partial charge < -0.3 is 15.7 Å². The number of likely N-dealkylation sites (tertiary alicyclic amines) is 1. The van der Waals surface area contributed by atoms with Crippen molar-refractivity contribution in [2.75, 3.05) is 26.2 Å². The van der Waals surface area contributed by atoms with Crippen LogP contribution in [0, 0.1) is 5.41 Å². The van der Waals surface area contributed by atoms with Gasteiger partial charge in [-0.15, -0.1) is 0 Å². The third kappa shape index (κ3) is 2.71. The second-order valence-electron chi connectivity index (χ2n) is 5.44. The van der Waals surface area contributed by atoms with Crippen LogP contribution in [0.4, 0.5) is 0 Å². The van der Waals surface area contributed by atoms with Crippen LogP contribution in [0.1, 0.15) is 38.5 Å². The van der Waals surface area contributed by atoms with Gasteiger partial charge in [0.2, 0.25) is 0 Å². The summed E-state index contributed by atoms with van der Waals surface area (Å²) >= 11 is 0. The maximum atomic E-state index is 9.51. The zero-order valence-corrected chi connectivity index (χ0v) is 9.62. The second kappa shape index (κ2) is 4.81. The van der Waals surface area contributed by atoms with Crippen molar-refractivity contribution in [3.8, 4) is 0 Å². The number of nitrogens with zero attached hydrogens (tertiary/aromatic N) is 1. The number of hydrogen-bond donors (Lipinski definition) is 2. The van der Waals surface area contributed by atoms with E-state index in [4.69, 9.17) is 5.73 Å². The molecule has 1 saturated heterocycles. The van der Waals surface area contributed by atoms with Crippen LogP contribution >= 0.6 is 0 Å². The molecule has 0 spiro atoms. The molecule has 0 radical (unpaired) electrons. The zero-order chi connectivity index (χ0) is 10.7. The molecule has 1 aliphatic carbocycles. The Morgan fingerprint density at radius 2 is 2.00 bits per heavy atom. The molecule has 1 aliphatic heterocycles. The number of aliphatic hydroxyl groups excluding tert-OH is 1. The lowest BCUT2D eigenvalue weighted by Gasteiger charge is -2.39. The van der Waals surface area contributed by atoms with E-state index < -0.39 is 0 Å². The van der Waals surface area contributed by atoms with Crippen LogP contribution in [-0.2, 0) is 0 Å². The highest BCUT2D eigenvalue weighted by atomic mass is 16.3.